The number of aliphatic hydroxyl groups excluding tert-OH is 1. The zero-order valence-electron chi connectivity index (χ0n) is 18.4. The van der Waals surface area contributed by atoms with Crippen LogP contribution in [0.2, 0.25) is 0 Å². The summed E-state index contributed by atoms with van der Waals surface area (Å²) in [6, 6.07) is 16.6. The van der Waals surface area contributed by atoms with E-state index in [2.05, 4.69) is 4.98 Å². The Balaban J connectivity index is 1.73. The average molecular weight is 468 g/mol. The van der Waals surface area contributed by atoms with Crippen molar-refractivity contribution in [2.45, 2.75) is 37.2 Å². The Labute approximate surface area is 193 Å². The molecule has 34 heavy (non-hydrogen) atoms. The molecule has 0 radical (unpaired) electrons. The lowest BCUT2D eigenvalue weighted by atomic mass is 9.70. The van der Waals surface area contributed by atoms with E-state index < -0.39 is 29.9 Å². The number of hydrogen-bond donors (Lipinski definition) is 2. The minimum absolute atomic E-state index is 0.136. The lowest BCUT2D eigenvalue weighted by molar-refractivity contribution is -0.141. The van der Waals surface area contributed by atoms with Gasteiger partial charge in [0.05, 0.1) is 17.2 Å². The number of nitrogens with zero attached hydrogens (tertiary/aromatic N) is 3. The number of fused-ring (bicyclic) bond motifs is 1. The number of halogens is 3. The SMILES string of the molecule is Cn1c(-c2ccc([C@]3(N)C[C@@H](O)C3)cc2)c(-c2ccccc2)c2c(=O)n(CC(F)(F)F)cnc21. The highest BCUT2D eigenvalue weighted by Crippen LogP contribution is 2.42. The molecule has 2 heterocycles. The fraction of sp³-hybridized carbons (Fsp3) is 0.280. The lowest BCUT2D eigenvalue weighted by Gasteiger charge is -2.42. The first-order valence-corrected chi connectivity index (χ1v) is 10.9. The number of hydrogen-bond acceptors (Lipinski definition) is 4. The Morgan fingerprint density at radius 2 is 1.74 bits per heavy atom. The van der Waals surface area contributed by atoms with E-state index in [-0.39, 0.29) is 5.39 Å². The van der Waals surface area contributed by atoms with Crippen LogP contribution in [0.25, 0.3) is 33.4 Å². The zero-order chi connectivity index (χ0) is 24.3. The van der Waals surface area contributed by atoms with Gasteiger partial charge in [-0.2, -0.15) is 13.2 Å². The molecule has 2 aromatic heterocycles. The molecule has 0 atom stereocenters. The van der Waals surface area contributed by atoms with Crippen LogP contribution in [0.1, 0.15) is 18.4 Å². The summed E-state index contributed by atoms with van der Waals surface area (Å²) < 4.78 is 41.5. The van der Waals surface area contributed by atoms with Gasteiger partial charge < -0.3 is 15.4 Å². The quantitative estimate of drug-likeness (QED) is 0.475. The van der Waals surface area contributed by atoms with Crippen LogP contribution in [0, 0.1) is 0 Å². The smallest absolute Gasteiger partial charge is 0.393 e. The zero-order valence-corrected chi connectivity index (χ0v) is 18.4. The van der Waals surface area contributed by atoms with Crippen LogP contribution >= 0.6 is 0 Å². The Bertz CT molecular complexity index is 1420. The maximum atomic E-state index is 13.2. The van der Waals surface area contributed by atoms with Crippen LogP contribution in [0.5, 0.6) is 0 Å². The molecule has 0 bridgehead atoms. The van der Waals surface area contributed by atoms with Gasteiger partial charge in [0, 0.05) is 18.2 Å². The monoisotopic (exact) mass is 468 g/mol. The minimum Gasteiger partial charge on any atom is -0.393 e. The number of benzene rings is 2. The van der Waals surface area contributed by atoms with Gasteiger partial charge in [-0.3, -0.25) is 9.36 Å². The van der Waals surface area contributed by atoms with Crippen LogP contribution in [0.15, 0.2) is 65.7 Å². The Morgan fingerprint density at radius 3 is 2.32 bits per heavy atom. The van der Waals surface area contributed by atoms with E-state index in [1.807, 2.05) is 54.6 Å². The second-order valence-electron chi connectivity index (χ2n) is 8.94. The third-order valence-corrected chi connectivity index (χ3v) is 6.50. The molecule has 0 unspecified atom stereocenters. The molecule has 176 valence electrons. The van der Waals surface area contributed by atoms with Gasteiger partial charge in [-0.25, -0.2) is 4.98 Å². The standard InChI is InChI=1S/C25H23F3N4O2/c1-31-21(16-7-9-17(10-8-16)24(29)11-18(33)12-24)19(15-5-3-2-4-6-15)20-22(31)30-14-32(23(20)34)13-25(26,27)28/h2-10,14,18,33H,11-13,29H2,1H3/t18-,24+. The summed E-state index contributed by atoms with van der Waals surface area (Å²) in [5, 5.41) is 9.82. The van der Waals surface area contributed by atoms with Crippen LogP contribution < -0.4 is 11.3 Å². The molecule has 4 aromatic rings. The van der Waals surface area contributed by atoms with Crippen LogP contribution in [-0.4, -0.2) is 31.5 Å². The van der Waals surface area contributed by atoms with Crippen molar-refractivity contribution in [3.8, 4) is 22.4 Å². The van der Waals surface area contributed by atoms with Gasteiger partial charge in [-0.05, 0) is 29.5 Å². The molecular weight excluding hydrogens is 445 g/mol. The van der Waals surface area contributed by atoms with E-state index in [0.29, 0.717) is 39.9 Å². The molecule has 1 fully saturated rings. The van der Waals surface area contributed by atoms with Crippen molar-refractivity contribution in [2.75, 3.05) is 0 Å². The highest BCUT2D eigenvalue weighted by Gasteiger charge is 2.41. The van der Waals surface area contributed by atoms with Crippen molar-refractivity contribution < 1.29 is 18.3 Å². The van der Waals surface area contributed by atoms with Crippen LogP contribution in [0.4, 0.5) is 13.2 Å². The van der Waals surface area contributed by atoms with Gasteiger partial charge in [0.1, 0.15) is 18.5 Å². The van der Waals surface area contributed by atoms with Crippen LogP contribution in [0.3, 0.4) is 0 Å². The molecular formula is C25H23F3N4O2. The van der Waals surface area contributed by atoms with Crippen molar-refractivity contribution in [3.05, 3.63) is 76.8 Å². The highest BCUT2D eigenvalue weighted by atomic mass is 19.4. The van der Waals surface area contributed by atoms with Crippen molar-refractivity contribution in [1.82, 2.24) is 14.1 Å². The third kappa shape index (κ3) is 3.70. The summed E-state index contributed by atoms with van der Waals surface area (Å²) in [6.45, 7) is -1.41. The summed E-state index contributed by atoms with van der Waals surface area (Å²) in [4.78, 5) is 17.5. The molecule has 1 saturated carbocycles. The molecule has 1 aliphatic rings. The summed E-state index contributed by atoms with van der Waals surface area (Å²) in [5.74, 6) is 0. The summed E-state index contributed by atoms with van der Waals surface area (Å²) in [7, 11) is 1.74. The van der Waals surface area contributed by atoms with E-state index in [1.165, 1.54) is 0 Å². The fourth-order valence-electron chi connectivity index (χ4n) is 4.85. The van der Waals surface area contributed by atoms with Gasteiger partial charge in [0.2, 0.25) is 0 Å². The van der Waals surface area contributed by atoms with Gasteiger partial charge >= 0.3 is 6.18 Å². The van der Waals surface area contributed by atoms with Gasteiger partial charge in [-0.1, -0.05) is 54.6 Å². The third-order valence-electron chi connectivity index (χ3n) is 6.50. The first-order chi connectivity index (χ1) is 16.1. The molecule has 0 aliphatic heterocycles. The van der Waals surface area contributed by atoms with Gasteiger partial charge in [0.15, 0.2) is 0 Å². The number of rotatable bonds is 4. The molecule has 3 N–H and O–H groups in total. The normalized spacial score (nSPS) is 20.5. The van der Waals surface area contributed by atoms with E-state index in [0.717, 1.165) is 17.5 Å². The number of aliphatic hydroxyl groups is 1. The topological polar surface area (TPSA) is 86.1 Å². The fourth-order valence-corrected chi connectivity index (χ4v) is 4.85. The summed E-state index contributed by atoms with van der Waals surface area (Å²) >= 11 is 0. The highest BCUT2D eigenvalue weighted by molar-refractivity contribution is 6.02. The van der Waals surface area contributed by atoms with Crippen molar-refractivity contribution in [2.24, 2.45) is 12.8 Å². The number of aromatic nitrogens is 3. The second-order valence-corrected chi connectivity index (χ2v) is 8.94. The van der Waals surface area contributed by atoms with E-state index >= 15 is 0 Å². The number of aryl methyl sites for hydroxylation is 1. The Hall–Kier alpha value is -3.43. The lowest BCUT2D eigenvalue weighted by Crippen LogP contribution is -2.51. The first-order valence-electron chi connectivity index (χ1n) is 10.9. The Morgan fingerprint density at radius 1 is 1.09 bits per heavy atom. The molecule has 6 nitrogen and oxygen atoms in total. The van der Waals surface area contributed by atoms with Crippen molar-refractivity contribution in [3.63, 3.8) is 0 Å². The maximum Gasteiger partial charge on any atom is 0.406 e. The van der Waals surface area contributed by atoms with Gasteiger partial charge in [0.25, 0.3) is 5.56 Å². The second kappa shape index (κ2) is 7.82. The summed E-state index contributed by atoms with van der Waals surface area (Å²) in [5.41, 5.74) is 8.94. The molecule has 1 aliphatic carbocycles. The van der Waals surface area contributed by atoms with Gasteiger partial charge in [-0.15, -0.1) is 0 Å². The molecule has 0 spiro atoms. The predicted molar refractivity (Wildman–Crippen MR) is 123 cm³/mol. The molecule has 9 heteroatoms. The number of alkyl halides is 3. The minimum atomic E-state index is -4.55. The van der Waals surface area contributed by atoms with E-state index in [9.17, 15) is 23.1 Å². The number of nitrogens with two attached hydrogens (primary N) is 1. The Kier molecular flexibility index (Phi) is 5.14. The molecule has 2 aromatic carbocycles. The van der Waals surface area contributed by atoms with Crippen molar-refractivity contribution in [1.29, 1.82) is 0 Å². The largest absolute Gasteiger partial charge is 0.406 e. The maximum absolute atomic E-state index is 13.2. The summed E-state index contributed by atoms with van der Waals surface area (Å²) in [6.07, 6.45) is -3.04. The van der Waals surface area contributed by atoms with Crippen molar-refractivity contribution >= 4 is 11.0 Å². The molecule has 5 rings (SSSR count). The van der Waals surface area contributed by atoms with Crippen LogP contribution in [-0.2, 0) is 19.1 Å². The average Bonchev–Trinajstić information content (AvgIpc) is 3.07. The predicted octanol–water partition coefficient (Wildman–Crippen LogP) is 3.94. The van der Waals surface area contributed by atoms with E-state index in [1.54, 1.807) is 11.6 Å². The first kappa shape index (κ1) is 22.4. The molecule has 0 amide bonds. The molecule has 0 saturated heterocycles. The van der Waals surface area contributed by atoms with E-state index in [4.69, 9.17) is 5.73 Å².